The average Bonchev–Trinajstić information content (AvgIpc) is 1.67. The van der Waals surface area contributed by atoms with Crippen molar-refractivity contribution in [1.82, 2.24) is 0 Å². The number of rotatable bonds is 2. The third-order valence-corrected chi connectivity index (χ3v) is 0.538. The second-order valence-electron chi connectivity index (χ2n) is 1.33. The van der Waals surface area contributed by atoms with Crippen molar-refractivity contribution in [2.24, 2.45) is 0 Å². The van der Waals surface area contributed by atoms with Crippen molar-refractivity contribution >= 4 is 5.97 Å². The normalized spacial score (nSPS) is 8.25. The number of hydrogen-bond donors (Lipinski definition) is 0. The molecule has 1 radical (unpaired) electrons. The molecule has 0 rings (SSSR count). The van der Waals surface area contributed by atoms with E-state index in [0.29, 0.717) is 0 Å². The predicted molar refractivity (Wildman–Crippen MR) is 26.5 cm³/mol. The maximum absolute atomic E-state index is 10.2. The Hall–Kier alpha value is -0.830. The van der Waals surface area contributed by atoms with E-state index in [1.807, 2.05) is 0 Å². The SMILES string of the molecule is C=C(C)C(=O)OC[O]. The van der Waals surface area contributed by atoms with E-state index < -0.39 is 12.8 Å². The van der Waals surface area contributed by atoms with Gasteiger partial charge in [0.25, 0.3) is 0 Å². The second-order valence-corrected chi connectivity index (χ2v) is 1.33. The zero-order chi connectivity index (χ0) is 6.57. The number of esters is 1. The molecule has 0 N–H and O–H groups in total. The van der Waals surface area contributed by atoms with Crippen LogP contribution in [-0.4, -0.2) is 12.8 Å². The standard InChI is InChI=1S/C5H7O3/c1-4(2)5(7)8-3-6/h1,3H2,2H3. The fourth-order valence-electron chi connectivity index (χ4n) is 0.177. The van der Waals surface area contributed by atoms with Crippen LogP contribution >= 0.6 is 0 Å². The van der Waals surface area contributed by atoms with Gasteiger partial charge < -0.3 is 4.74 Å². The van der Waals surface area contributed by atoms with Crippen LogP contribution in [0.15, 0.2) is 12.2 Å². The van der Waals surface area contributed by atoms with Gasteiger partial charge in [0, 0.05) is 5.57 Å². The summed E-state index contributed by atoms with van der Waals surface area (Å²) < 4.78 is 4.01. The minimum atomic E-state index is -0.828. The second kappa shape index (κ2) is 3.21. The molecule has 0 saturated carbocycles. The minimum absolute atomic E-state index is 0.251. The molecule has 3 nitrogen and oxygen atoms in total. The first-order valence-electron chi connectivity index (χ1n) is 2.09. The van der Waals surface area contributed by atoms with Gasteiger partial charge in [-0.2, -0.15) is 5.11 Å². The summed E-state index contributed by atoms with van der Waals surface area (Å²) in [6.07, 6.45) is 0. The van der Waals surface area contributed by atoms with Crippen LogP contribution in [0.5, 0.6) is 0 Å². The molecule has 45 valence electrons. The fraction of sp³-hybridized carbons (Fsp3) is 0.400. The minimum Gasteiger partial charge on any atom is -0.432 e. The molecule has 0 aliphatic carbocycles. The van der Waals surface area contributed by atoms with Gasteiger partial charge in [-0.15, -0.1) is 0 Å². The first kappa shape index (κ1) is 7.17. The predicted octanol–water partition coefficient (Wildman–Crippen LogP) is 0.494. The van der Waals surface area contributed by atoms with Crippen molar-refractivity contribution in [1.29, 1.82) is 0 Å². The van der Waals surface area contributed by atoms with Crippen LogP contribution in [-0.2, 0) is 14.6 Å². The number of carbonyl (C=O) groups excluding carboxylic acids is 1. The molecule has 0 aromatic heterocycles. The van der Waals surface area contributed by atoms with E-state index in [-0.39, 0.29) is 5.57 Å². The zero-order valence-electron chi connectivity index (χ0n) is 4.64. The Bertz CT molecular complexity index is 106. The van der Waals surface area contributed by atoms with Crippen LogP contribution in [0.3, 0.4) is 0 Å². The third-order valence-electron chi connectivity index (χ3n) is 0.538. The number of ether oxygens (including phenoxy) is 1. The van der Waals surface area contributed by atoms with Crippen LogP contribution < -0.4 is 0 Å². The van der Waals surface area contributed by atoms with Crippen LogP contribution in [0.1, 0.15) is 6.92 Å². The lowest BCUT2D eigenvalue weighted by molar-refractivity contribution is -0.150. The van der Waals surface area contributed by atoms with Gasteiger partial charge in [0.05, 0.1) is 0 Å². The van der Waals surface area contributed by atoms with E-state index in [1.165, 1.54) is 6.92 Å². The monoisotopic (exact) mass is 115 g/mol. The molecule has 0 aromatic rings. The quantitative estimate of drug-likeness (QED) is 0.299. The molecule has 0 bridgehead atoms. The lowest BCUT2D eigenvalue weighted by Crippen LogP contribution is -2.04. The van der Waals surface area contributed by atoms with Crippen LogP contribution in [0.2, 0.25) is 0 Å². The summed E-state index contributed by atoms with van der Waals surface area (Å²) in [5.74, 6) is -0.625. The molecule has 0 aromatic carbocycles. The van der Waals surface area contributed by atoms with Gasteiger partial charge in [0.15, 0.2) is 0 Å². The highest BCUT2D eigenvalue weighted by atomic mass is 16.6. The van der Waals surface area contributed by atoms with E-state index in [1.54, 1.807) is 0 Å². The van der Waals surface area contributed by atoms with E-state index in [4.69, 9.17) is 0 Å². The molecule has 8 heavy (non-hydrogen) atoms. The third kappa shape index (κ3) is 2.36. The van der Waals surface area contributed by atoms with Gasteiger partial charge in [-0.3, -0.25) is 0 Å². The summed E-state index contributed by atoms with van der Waals surface area (Å²) in [6.45, 7) is 3.92. The fourth-order valence-corrected chi connectivity index (χ4v) is 0.177. The van der Waals surface area contributed by atoms with E-state index in [2.05, 4.69) is 11.3 Å². The zero-order valence-corrected chi connectivity index (χ0v) is 4.64. The Balaban J connectivity index is 3.49. The lowest BCUT2D eigenvalue weighted by atomic mass is 10.4. The van der Waals surface area contributed by atoms with Crippen molar-refractivity contribution < 1.29 is 14.6 Å². The summed E-state index contributed by atoms with van der Waals surface area (Å²) in [4.78, 5) is 10.2. The van der Waals surface area contributed by atoms with Gasteiger partial charge in [-0.05, 0) is 6.92 Å². The average molecular weight is 115 g/mol. The molecule has 0 saturated heterocycles. The van der Waals surface area contributed by atoms with Gasteiger partial charge in [-0.1, -0.05) is 6.58 Å². The molecule has 0 heterocycles. The van der Waals surface area contributed by atoms with Crippen molar-refractivity contribution in [2.75, 3.05) is 6.79 Å². The lowest BCUT2D eigenvalue weighted by Gasteiger charge is -1.94. The molecule has 3 heteroatoms. The summed E-state index contributed by atoms with van der Waals surface area (Å²) in [5, 5.41) is 9.56. The van der Waals surface area contributed by atoms with Crippen LogP contribution in [0.25, 0.3) is 0 Å². The van der Waals surface area contributed by atoms with Gasteiger partial charge in [-0.25, -0.2) is 4.79 Å². The Morgan fingerprint density at radius 1 is 1.75 bits per heavy atom. The van der Waals surface area contributed by atoms with Crippen LogP contribution in [0, 0.1) is 0 Å². The molecule has 0 amide bonds. The maximum Gasteiger partial charge on any atom is 0.335 e. The van der Waals surface area contributed by atoms with Crippen molar-refractivity contribution in [3.63, 3.8) is 0 Å². The molecular weight excluding hydrogens is 108 g/mol. The van der Waals surface area contributed by atoms with Crippen LogP contribution in [0.4, 0.5) is 0 Å². The maximum atomic E-state index is 10.2. The number of hydrogen-bond acceptors (Lipinski definition) is 2. The molecular formula is C5H7O3. The Morgan fingerprint density at radius 2 is 2.25 bits per heavy atom. The Labute approximate surface area is 47.6 Å². The summed E-state index contributed by atoms with van der Waals surface area (Å²) in [7, 11) is 0. The van der Waals surface area contributed by atoms with Gasteiger partial charge in [0.2, 0.25) is 6.79 Å². The summed E-state index contributed by atoms with van der Waals surface area (Å²) in [5.41, 5.74) is 0.251. The van der Waals surface area contributed by atoms with E-state index in [0.717, 1.165) is 0 Å². The van der Waals surface area contributed by atoms with Gasteiger partial charge >= 0.3 is 5.97 Å². The highest BCUT2D eigenvalue weighted by Gasteiger charge is 1.99. The van der Waals surface area contributed by atoms with Crippen molar-refractivity contribution in [3.05, 3.63) is 12.2 Å². The molecule has 0 aliphatic rings. The van der Waals surface area contributed by atoms with Gasteiger partial charge in [0.1, 0.15) is 0 Å². The molecule has 0 spiro atoms. The first-order valence-corrected chi connectivity index (χ1v) is 2.09. The molecule has 0 fully saturated rings. The molecule has 0 aliphatic heterocycles. The first-order chi connectivity index (χ1) is 3.68. The Kier molecular flexibility index (Phi) is 2.88. The topological polar surface area (TPSA) is 46.2 Å². The van der Waals surface area contributed by atoms with Crippen molar-refractivity contribution in [3.8, 4) is 0 Å². The van der Waals surface area contributed by atoms with E-state index >= 15 is 0 Å². The smallest absolute Gasteiger partial charge is 0.335 e. The number of carbonyl (C=O) groups is 1. The molecule has 0 unspecified atom stereocenters. The largest absolute Gasteiger partial charge is 0.432 e. The summed E-state index contributed by atoms with van der Waals surface area (Å²) >= 11 is 0. The summed E-state index contributed by atoms with van der Waals surface area (Å²) in [6, 6.07) is 0. The highest BCUT2D eigenvalue weighted by Crippen LogP contribution is 1.89. The highest BCUT2D eigenvalue weighted by molar-refractivity contribution is 5.86. The van der Waals surface area contributed by atoms with E-state index in [9.17, 15) is 9.90 Å². The molecule has 0 atom stereocenters. The Morgan fingerprint density at radius 3 is 2.38 bits per heavy atom. The van der Waals surface area contributed by atoms with Crippen molar-refractivity contribution in [2.45, 2.75) is 6.92 Å².